The van der Waals surface area contributed by atoms with Gasteiger partial charge in [-0.25, -0.2) is 0 Å². The van der Waals surface area contributed by atoms with Crippen LogP contribution in [0, 0.1) is 27.2 Å². The average molecular weight is 284 g/mol. The van der Waals surface area contributed by atoms with Gasteiger partial charge in [0.2, 0.25) is 0 Å². The van der Waals surface area contributed by atoms with E-state index in [2.05, 4.69) is 0 Å². The molecule has 0 aliphatic carbocycles. The molecule has 6 heteroatoms. The summed E-state index contributed by atoms with van der Waals surface area (Å²) < 4.78 is 0. The van der Waals surface area contributed by atoms with Gasteiger partial charge in [0, 0.05) is 24.3 Å². The summed E-state index contributed by atoms with van der Waals surface area (Å²) >= 11 is 0. The van der Waals surface area contributed by atoms with Crippen molar-refractivity contribution in [2.45, 2.75) is 6.92 Å². The zero-order valence-electron chi connectivity index (χ0n) is 11.2. The Hall–Kier alpha value is -3.02. The van der Waals surface area contributed by atoms with Crippen molar-refractivity contribution in [3.63, 3.8) is 0 Å². The molecule has 2 aromatic carbocycles. The van der Waals surface area contributed by atoms with Gasteiger partial charge in [-0.3, -0.25) is 20.2 Å². The molecule has 21 heavy (non-hydrogen) atoms. The number of hydrogen-bond donors (Lipinski definition) is 0. The molecule has 0 bridgehead atoms. The van der Waals surface area contributed by atoms with Crippen molar-refractivity contribution in [3.05, 3.63) is 79.4 Å². The highest BCUT2D eigenvalue weighted by molar-refractivity contribution is 5.72. The minimum absolute atomic E-state index is 0.0404. The van der Waals surface area contributed by atoms with E-state index in [-0.39, 0.29) is 11.4 Å². The predicted octanol–water partition coefficient (Wildman–Crippen LogP) is 3.98. The average Bonchev–Trinajstić information content (AvgIpc) is 2.46. The molecule has 0 aromatic heterocycles. The van der Waals surface area contributed by atoms with E-state index in [9.17, 15) is 20.2 Å². The Balaban J connectivity index is 2.21. The Kier molecular flexibility index (Phi) is 4.08. The maximum atomic E-state index is 10.7. The molecule has 0 aliphatic rings. The highest BCUT2D eigenvalue weighted by Gasteiger charge is 2.06. The van der Waals surface area contributed by atoms with E-state index in [1.165, 1.54) is 24.3 Å². The van der Waals surface area contributed by atoms with Crippen LogP contribution in [0.4, 0.5) is 11.4 Å². The molecule has 0 N–H and O–H groups in total. The van der Waals surface area contributed by atoms with Gasteiger partial charge in [-0.2, -0.15) is 0 Å². The molecule has 0 atom stereocenters. The molecule has 2 aromatic rings. The summed E-state index contributed by atoms with van der Waals surface area (Å²) in [5.41, 5.74) is 2.57. The standard InChI is InChI=1S/C15H12N2O4/c1-11-10-15(17(20)21)9-6-13(11)5-2-12-3-7-14(8-4-12)16(18)19/h2-10H,1H3/b5-2+. The summed E-state index contributed by atoms with van der Waals surface area (Å²) in [6.45, 7) is 1.79. The third-order valence-electron chi connectivity index (χ3n) is 3.02. The van der Waals surface area contributed by atoms with Gasteiger partial charge in [-0.05, 0) is 41.8 Å². The van der Waals surface area contributed by atoms with Crippen molar-refractivity contribution in [2.24, 2.45) is 0 Å². The number of nitrogens with zero attached hydrogens (tertiary/aromatic N) is 2. The third kappa shape index (κ3) is 3.50. The van der Waals surface area contributed by atoms with Crippen molar-refractivity contribution in [2.75, 3.05) is 0 Å². The predicted molar refractivity (Wildman–Crippen MR) is 79.9 cm³/mol. The number of rotatable bonds is 4. The van der Waals surface area contributed by atoms with E-state index in [4.69, 9.17) is 0 Å². The van der Waals surface area contributed by atoms with Gasteiger partial charge in [0.25, 0.3) is 11.4 Å². The fourth-order valence-corrected chi connectivity index (χ4v) is 1.85. The first kappa shape index (κ1) is 14.4. The number of hydrogen-bond acceptors (Lipinski definition) is 4. The van der Waals surface area contributed by atoms with Crippen LogP contribution in [0.25, 0.3) is 12.2 Å². The Morgan fingerprint density at radius 1 is 0.857 bits per heavy atom. The van der Waals surface area contributed by atoms with Crippen molar-refractivity contribution < 1.29 is 9.85 Å². The van der Waals surface area contributed by atoms with Crippen LogP contribution in [0.3, 0.4) is 0 Å². The summed E-state index contributed by atoms with van der Waals surface area (Å²) in [5, 5.41) is 21.2. The van der Waals surface area contributed by atoms with Gasteiger partial charge < -0.3 is 0 Å². The second-order valence-electron chi connectivity index (χ2n) is 4.48. The lowest BCUT2D eigenvalue weighted by molar-refractivity contribution is -0.385. The maximum Gasteiger partial charge on any atom is 0.269 e. The van der Waals surface area contributed by atoms with Crippen molar-refractivity contribution in [1.29, 1.82) is 0 Å². The molecule has 0 radical (unpaired) electrons. The SMILES string of the molecule is Cc1cc([N+](=O)[O-])ccc1/C=C/c1ccc([N+](=O)[O-])cc1. The molecule has 0 fully saturated rings. The second-order valence-corrected chi connectivity index (χ2v) is 4.48. The fourth-order valence-electron chi connectivity index (χ4n) is 1.85. The molecule has 0 spiro atoms. The molecular weight excluding hydrogens is 272 g/mol. The van der Waals surface area contributed by atoms with Crippen LogP contribution < -0.4 is 0 Å². The van der Waals surface area contributed by atoms with E-state index >= 15 is 0 Å². The first-order valence-electron chi connectivity index (χ1n) is 6.15. The molecule has 0 amide bonds. The van der Waals surface area contributed by atoms with E-state index in [1.54, 1.807) is 31.2 Å². The molecule has 6 nitrogen and oxygen atoms in total. The lowest BCUT2D eigenvalue weighted by Gasteiger charge is -2.00. The topological polar surface area (TPSA) is 86.3 Å². The number of non-ortho nitro benzene ring substituents is 2. The quantitative estimate of drug-likeness (QED) is 0.482. The van der Waals surface area contributed by atoms with E-state index in [0.717, 1.165) is 16.7 Å². The molecular formula is C15H12N2O4. The van der Waals surface area contributed by atoms with Gasteiger partial charge >= 0.3 is 0 Å². The van der Waals surface area contributed by atoms with Gasteiger partial charge in [-0.1, -0.05) is 12.2 Å². The van der Waals surface area contributed by atoms with Crippen LogP contribution in [-0.2, 0) is 0 Å². The summed E-state index contributed by atoms with van der Waals surface area (Å²) in [6, 6.07) is 10.8. The molecule has 0 saturated carbocycles. The van der Waals surface area contributed by atoms with Crippen molar-refractivity contribution >= 4 is 23.5 Å². The maximum absolute atomic E-state index is 10.7. The normalized spacial score (nSPS) is 10.7. The van der Waals surface area contributed by atoms with Crippen molar-refractivity contribution in [1.82, 2.24) is 0 Å². The van der Waals surface area contributed by atoms with Gasteiger partial charge in [0.15, 0.2) is 0 Å². The van der Waals surface area contributed by atoms with Gasteiger partial charge in [0.1, 0.15) is 0 Å². The monoisotopic (exact) mass is 284 g/mol. The Labute approximate surface area is 120 Å². The van der Waals surface area contributed by atoms with Crippen LogP contribution in [0.2, 0.25) is 0 Å². The molecule has 0 saturated heterocycles. The van der Waals surface area contributed by atoms with Crippen LogP contribution in [-0.4, -0.2) is 9.85 Å². The Morgan fingerprint density at radius 3 is 1.95 bits per heavy atom. The lowest BCUT2D eigenvalue weighted by atomic mass is 10.1. The Morgan fingerprint density at radius 2 is 1.43 bits per heavy atom. The van der Waals surface area contributed by atoms with Crippen LogP contribution >= 0.6 is 0 Å². The molecule has 106 valence electrons. The van der Waals surface area contributed by atoms with Crippen molar-refractivity contribution in [3.8, 4) is 0 Å². The van der Waals surface area contributed by atoms with Crippen LogP contribution in [0.1, 0.15) is 16.7 Å². The first-order chi connectivity index (χ1) is 9.97. The largest absolute Gasteiger partial charge is 0.269 e. The molecule has 0 aliphatic heterocycles. The van der Waals surface area contributed by atoms with Crippen LogP contribution in [0.15, 0.2) is 42.5 Å². The highest BCUT2D eigenvalue weighted by atomic mass is 16.6. The van der Waals surface area contributed by atoms with Crippen LogP contribution in [0.5, 0.6) is 0 Å². The summed E-state index contributed by atoms with van der Waals surface area (Å²) in [7, 11) is 0. The lowest BCUT2D eigenvalue weighted by Crippen LogP contribution is -1.89. The fraction of sp³-hybridized carbons (Fsp3) is 0.0667. The van der Waals surface area contributed by atoms with E-state index in [1.807, 2.05) is 6.08 Å². The summed E-state index contributed by atoms with van der Waals surface area (Å²) in [4.78, 5) is 20.3. The third-order valence-corrected chi connectivity index (χ3v) is 3.02. The Bertz CT molecular complexity index is 721. The zero-order valence-corrected chi connectivity index (χ0v) is 11.2. The number of benzene rings is 2. The van der Waals surface area contributed by atoms with E-state index in [0.29, 0.717) is 0 Å². The van der Waals surface area contributed by atoms with Gasteiger partial charge in [-0.15, -0.1) is 0 Å². The molecule has 0 heterocycles. The summed E-state index contributed by atoms with van der Waals surface area (Å²) in [5.74, 6) is 0. The molecule has 0 unspecified atom stereocenters. The number of nitro groups is 2. The summed E-state index contributed by atoms with van der Waals surface area (Å²) in [6.07, 6.45) is 3.62. The minimum atomic E-state index is -0.450. The zero-order chi connectivity index (χ0) is 15.4. The van der Waals surface area contributed by atoms with E-state index < -0.39 is 9.85 Å². The molecule has 2 rings (SSSR count). The highest BCUT2D eigenvalue weighted by Crippen LogP contribution is 2.20. The number of nitro benzene ring substituents is 2. The smallest absolute Gasteiger partial charge is 0.258 e. The minimum Gasteiger partial charge on any atom is -0.258 e. The second kappa shape index (κ2) is 5.96. The van der Waals surface area contributed by atoms with Gasteiger partial charge in [0.05, 0.1) is 9.85 Å². The number of aryl methyl sites for hydroxylation is 1. The first-order valence-corrected chi connectivity index (χ1v) is 6.15.